The molecule has 1 aromatic rings. The van der Waals surface area contributed by atoms with Crippen molar-refractivity contribution < 1.29 is 4.74 Å². The molecular weight excluding hydrogens is 258 g/mol. The summed E-state index contributed by atoms with van der Waals surface area (Å²) >= 11 is 3.43. The first-order valence-electron chi connectivity index (χ1n) is 4.97. The van der Waals surface area contributed by atoms with Crippen LogP contribution >= 0.6 is 15.9 Å². The summed E-state index contributed by atoms with van der Waals surface area (Å²) in [5, 5.41) is 3.37. The van der Waals surface area contributed by atoms with Crippen LogP contribution < -0.4 is 5.32 Å². The summed E-state index contributed by atoms with van der Waals surface area (Å²) in [7, 11) is 1.76. The first kappa shape index (κ1) is 10.8. The van der Waals surface area contributed by atoms with Crippen LogP contribution in [-0.4, -0.2) is 29.2 Å². The Hall–Kier alpha value is -0.680. The number of methoxy groups -OCH3 is 1. The maximum atomic E-state index is 5.22. The lowest BCUT2D eigenvalue weighted by Gasteiger charge is -2.35. The molecule has 1 aliphatic rings. The van der Waals surface area contributed by atoms with Crippen LogP contribution in [0, 0.1) is 6.92 Å². The first-order valence-corrected chi connectivity index (χ1v) is 5.77. The summed E-state index contributed by atoms with van der Waals surface area (Å²) in [4.78, 5) is 8.43. The zero-order valence-corrected chi connectivity index (χ0v) is 10.4. The Bertz CT molecular complexity index is 353. The highest BCUT2D eigenvalue weighted by atomic mass is 79.9. The molecule has 0 bridgehead atoms. The van der Waals surface area contributed by atoms with Gasteiger partial charge in [0, 0.05) is 19.3 Å². The third kappa shape index (κ3) is 2.46. The van der Waals surface area contributed by atoms with Crippen LogP contribution in [0.1, 0.15) is 18.7 Å². The normalized spacial score (nSPS) is 24.7. The van der Waals surface area contributed by atoms with Crippen molar-refractivity contribution in [3.8, 4) is 0 Å². The molecule has 0 amide bonds. The van der Waals surface area contributed by atoms with Crippen molar-refractivity contribution in [3.63, 3.8) is 0 Å². The topological polar surface area (TPSA) is 47.0 Å². The minimum absolute atomic E-state index is 0.407. The van der Waals surface area contributed by atoms with Gasteiger partial charge in [0.25, 0.3) is 0 Å². The minimum Gasteiger partial charge on any atom is -0.381 e. The smallest absolute Gasteiger partial charge is 0.144 e. The van der Waals surface area contributed by atoms with Crippen LogP contribution in [0.15, 0.2) is 10.7 Å². The Morgan fingerprint density at radius 2 is 2.27 bits per heavy atom. The number of halogens is 1. The van der Waals surface area contributed by atoms with E-state index in [1.807, 2.05) is 6.92 Å². The molecule has 0 spiro atoms. The number of hydrogen-bond acceptors (Lipinski definition) is 4. The van der Waals surface area contributed by atoms with E-state index in [0.29, 0.717) is 12.1 Å². The van der Waals surface area contributed by atoms with Crippen molar-refractivity contribution in [1.82, 2.24) is 9.97 Å². The van der Waals surface area contributed by atoms with Crippen molar-refractivity contribution in [2.75, 3.05) is 12.4 Å². The summed E-state index contributed by atoms with van der Waals surface area (Å²) in [5.41, 5.74) is 0. The predicted molar refractivity (Wildman–Crippen MR) is 61.9 cm³/mol. The molecule has 1 aromatic heterocycles. The van der Waals surface area contributed by atoms with Gasteiger partial charge < -0.3 is 10.1 Å². The Morgan fingerprint density at radius 1 is 1.53 bits per heavy atom. The second-order valence-electron chi connectivity index (χ2n) is 3.78. The van der Waals surface area contributed by atoms with Crippen LogP contribution in [0.5, 0.6) is 0 Å². The van der Waals surface area contributed by atoms with E-state index >= 15 is 0 Å². The van der Waals surface area contributed by atoms with Crippen molar-refractivity contribution >= 4 is 21.7 Å². The highest BCUT2D eigenvalue weighted by Crippen LogP contribution is 2.28. The number of rotatable bonds is 3. The molecule has 0 radical (unpaired) electrons. The molecular formula is C10H14BrN3O. The third-order valence-electron chi connectivity index (χ3n) is 2.63. The lowest BCUT2D eigenvalue weighted by Crippen LogP contribution is -2.40. The standard InChI is InChI=1S/C10H14BrN3O/c1-6-12-5-9(11)10(13-6)14-7-3-8(4-7)15-2/h5,7-8H,3-4H2,1-2H3,(H,12,13,14). The van der Waals surface area contributed by atoms with Crippen molar-refractivity contribution in [2.24, 2.45) is 0 Å². The highest BCUT2D eigenvalue weighted by molar-refractivity contribution is 9.10. The van der Waals surface area contributed by atoms with Crippen molar-refractivity contribution in [3.05, 3.63) is 16.5 Å². The van der Waals surface area contributed by atoms with Crippen LogP contribution in [0.4, 0.5) is 5.82 Å². The fourth-order valence-corrected chi connectivity index (χ4v) is 1.93. The van der Waals surface area contributed by atoms with E-state index < -0.39 is 0 Å². The van der Waals surface area contributed by atoms with Gasteiger partial charge in [-0.25, -0.2) is 9.97 Å². The Labute approximate surface area is 97.6 Å². The summed E-state index contributed by atoms with van der Waals surface area (Å²) < 4.78 is 6.13. The van der Waals surface area contributed by atoms with Gasteiger partial charge in [-0.05, 0) is 35.7 Å². The maximum Gasteiger partial charge on any atom is 0.144 e. The molecule has 4 nitrogen and oxygen atoms in total. The number of aryl methyl sites for hydroxylation is 1. The van der Waals surface area contributed by atoms with Gasteiger partial charge in [-0.3, -0.25) is 0 Å². The molecule has 1 aliphatic carbocycles. The maximum absolute atomic E-state index is 5.22. The molecule has 5 heteroatoms. The number of hydrogen-bond donors (Lipinski definition) is 1. The molecule has 1 saturated carbocycles. The summed E-state index contributed by atoms with van der Waals surface area (Å²) in [5.74, 6) is 1.66. The van der Waals surface area contributed by atoms with Gasteiger partial charge in [-0.1, -0.05) is 0 Å². The number of ether oxygens (including phenoxy) is 1. The van der Waals surface area contributed by atoms with Gasteiger partial charge in [0.15, 0.2) is 0 Å². The molecule has 0 aromatic carbocycles. The van der Waals surface area contributed by atoms with E-state index in [1.165, 1.54) is 0 Å². The molecule has 1 N–H and O–H groups in total. The number of anilines is 1. The quantitative estimate of drug-likeness (QED) is 0.915. The molecule has 0 unspecified atom stereocenters. The summed E-state index contributed by atoms with van der Waals surface area (Å²) in [6.45, 7) is 1.89. The van der Waals surface area contributed by atoms with Crippen LogP contribution in [0.3, 0.4) is 0 Å². The van der Waals surface area contributed by atoms with Crippen LogP contribution in [0.2, 0.25) is 0 Å². The summed E-state index contributed by atoms with van der Waals surface area (Å²) in [6.07, 6.45) is 4.28. The summed E-state index contributed by atoms with van der Waals surface area (Å²) in [6, 6.07) is 0.473. The molecule has 15 heavy (non-hydrogen) atoms. The van der Waals surface area contributed by atoms with E-state index in [9.17, 15) is 0 Å². The van der Waals surface area contributed by atoms with Crippen molar-refractivity contribution in [1.29, 1.82) is 0 Å². The predicted octanol–water partition coefficient (Wildman–Crippen LogP) is 2.14. The molecule has 0 atom stereocenters. The van der Waals surface area contributed by atoms with Gasteiger partial charge >= 0.3 is 0 Å². The van der Waals surface area contributed by atoms with Gasteiger partial charge in [0.1, 0.15) is 11.6 Å². The SMILES string of the molecule is COC1CC(Nc2nc(C)ncc2Br)C1. The fraction of sp³-hybridized carbons (Fsp3) is 0.600. The van der Waals surface area contributed by atoms with Gasteiger partial charge in [0.05, 0.1) is 10.6 Å². The third-order valence-corrected chi connectivity index (χ3v) is 3.21. The second-order valence-corrected chi connectivity index (χ2v) is 4.64. The van der Waals surface area contributed by atoms with E-state index in [2.05, 4.69) is 31.2 Å². The second kappa shape index (κ2) is 4.45. The lowest BCUT2D eigenvalue weighted by atomic mass is 9.89. The zero-order chi connectivity index (χ0) is 10.8. The number of nitrogens with one attached hydrogen (secondary N) is 1. The molecule has 0 saturated heterocycles. The van der Waals surface area contributed by atoms with Gasteiger partial charge in [0.2, 0.25) is 0 Å². The molecule has 82 valence electrons. The molecule has 2 rings (SSSR count). The molecule has 1 fully saturated rings. The first-order chi connectivity index (χ1) is 7.19. The van der Waals surface area contributed by atoms with Crippen LogP contribution in [0.25, 0.3) is 0 Å². The van der Waals surface area contributed by atoms with Gasteiger partial charge in [-0.15, -0.1) is 0 Å². The lowest BCUT2D eigenvalue weighted by molar-refractivity contribution is 0.0327. The zero-order valence-electron chi connectivity index (χ0n) is 8.83. The van der Waals surface area contributed by atoms with Crippen LogP contribution in [-0.2, 0) is 4.74 Å². The Balaban J connectivity index is 1.97. The van der Waals surface area contributed by atoms with Gasteiger partial charge in [-0.2, -0.15) is 0 Å². The molecule has 1 heterocycles. The van der Waals surface area contributed by atoms with E-state index in [4.69, 9.17) is 4.74 Å². The average Bonchev–Trinajstić information content (AvgIpc) is 2.16. The Kier molecular flexibility index (Phi) is 3.21. The monoisotopic (exact) mass is 271 g/mol. The van der Waals surface area contributed by atoms with E-state index in [1.54, 1.807) is 13.3 Å². The number of aromatic nitrogens is 2. The fourth-order valence-electron chi connectivity index (χ4n) is 1.63. The van der Waals surface area contributed by atoms with E-state index in [-0.39, 0.29) is 0 Å². The largest absolute Gasteiger partial charge is 0.381 e. The minimum atomic E-state index is 0.407. The number of nitrogens with zero attached hydrogens (tertiary/aromatic N) is 2. The Morgan fingerprint density at radius 3 is 2.93 bits per heavy atom. The van der Waals surface area contributed by atoms with E-state index in [0.717, 1.165) is 29.0 Å². The van der Waals surface area contributed by atoms with Crippen molar-refractivity contribution in [2.45, 2.75) is 31.9 Å². The highest BCUT2D eigenvalue weighted by Gasteiger charge is 2.29. The average molecular weight is 272 g/mol. The molecule has 0 aliphatic heterocycles.